The van der Waals surface area contributed by atoms with E-state index in [0.29, 0.717) is 24.8 Å². The lowest BCUT2D eigenvalue weighted by atomic mass is 9.35. The van der Waals surface area contributed by atoms with Crippen LogP contribution in [0.3, 0.4) is 0 Å². The Bertz CT molecular complexity index is 717. The van der Waals surface area contributed by atoms with Crippen molar-refractivity contribution in [3.8, 4) is 0 Å². The van der Waals surface area contributed by atoms with E-state index in [1.807, 2.05) is 13.8 Å². The topological polar surface area (TPSA) is 107 Å². The number of Topliss-reactive ketones (excluding diaryl/α,β-unsaturated/α-hetero) is 1. The van der Waals surface area contributed by atoms with E-state index >= 15 is 0 Å². The molecule has 4 bridgehead atoms. The molecule has 0 amide bonds. The number of carbonyl (C=O) groups is 1. The molecular weight excluding hydrogens is 336 g/mol. The highest BCUT2D eigenvalue weighted by atomic mass is 16.6. The Kier molecular flexibility index (Phi) is 3.07. The summed E-state index contributed by atoms with van der Waals surface area (Å²) in [6.45, 7) is 8.07. The smallest absolute Gasteiger partial charge is 0.208 e. The highest BCUT2D eigenvalue weighted by Crippen LogP contribution is 2.76. The van der Waals surface area contributed by atoms with Gasteiger partial charge in [-0.1, -0.05) is 20.4 Å². The summed E-state index contributed by atoms with van der Waals surface area (Å²) in [5.74, 6) is -3.80. The van der Waals surface area contributed by atoms with Gasteiger partial charge in [-0.2, -0.15) is 0 Å². The number of fused-ring (bicyclic) bond motifs is 2. The molecule has 1 unspecified atom stereocenters. The number of aliphatic hydroxyl groups excluding tert-OH is 3. The summed E-state index contributed by atoms with van der Waals surface area (Å²) in [4.78, 5) is 13.3. The van der Waals surface area contributed by atoms with Gasteiger partial charge in [-0.25, -0.2) is 0 Å². The van der Waals surface area contributed by atoms with Crippen LogP contribution in [0, 0.1) is 34.0 Å². The Balaban J connectivity index is 1.81. The summed E-state index contributed by atoms with van der Waals surface area (Å²) in [6.07, 6.45) is -0.747. The van der Waals surface area contributed by atoms with Crippen molar-refractivity contribution in [3.63, 3.8) is 0 Å². The molecule has 0 aromatic carbocycles. The zero-order valence-electron chi connectivity index (χ0n) is 15.3. The third-order valence-corrected chi connectivity index (χ3v) is 8.88. The Morgan fingerprint density at radius 3 is 2.50 bits per heavy atom. The van der Waals surface area contributed by atoms with Crippen LogP contribution in [0.5, 0.6) is 0 Å². The maximum atomic E-state index is 13.3. The van der Waals surface area contributed by atoms with Crippen LogP contribution in [0.2, 0.25) is 0 Å². The molecule has 4 aliphatic carbocycles. The molecule has 6 rings (SSSR count). The van der Waals surface area contributed by atoms with Crippen molar-refractivity contribution in [1.82, 2.24) is 0 Å². The van der Waals surface area contributed by atoms with Crippen LogP contribution in [-0.4, -0.2) is 56.9 Å². The molecule has 9 atom stereocenters. The first kappa shape index (κ1) is 17.3. The van der Waals surface area contributed by atoms with Gasteiger partial charge in [0.15, 0.2) is 5.78 Å². The first-order valence-electron chi connectivity index (χ1n) is 9.71. The quantitative estimate of drug-likeness (QED) is 0.463. The van der Waals surface area contributed by atoms with E-state index in [1.165, 1.54) is 0 Å². The van der Waals surface area contributed by atoms with Crippen molar-refractivity contribution in [2.75, 3.05) is 6.61 Å². The lowest BCUT2D eigenvalue weighted by Crippen LogP contribution is -2.85. The second-order valence-corrected chi connectivity index (χ2v) is 9.97. The summed E-state index contributed by atoms with van der Waals surface area (Å²) in [5, 5.41) is 45.1. The van der Waals surface area contributed by atoms with Gasteiger partial charge in [0.2, 0.25) is 5.79 Å². The zero-order valence-corrected chi connectivity index (χ0v) is 15.3. The zero-order chi connectivity index (χ0) is 18.9. The minimum atomic E-state index is -2.15. The van der Waals surface area contributed by atoms with E-state index in [9.17, 15) is 25.2 Å². The molecule has 0 radical (unpaired) electrons. The van der Waals surface area contributed by atoms with E-state index in [2.05, 4.69) is 6.58 Å². The van der Waals surface area contributed by atoms with Gasteiger partial charge in [0, 0.05) is 17.3 Å². The number of carbonyl (C=O) groups excluding carboxylic acids is 1. The molecule has 2 saturated heterocycles. The van der Waals surface area contributed by atoms with Crippen molar-refractivity contribution in [3.05, 3.63) is 12.2 Å². The molecule has 2 heterocycles. The van der Waals surface area contributed by atoms with E-state index in [0.717, 1.165) is 6.42 Å². The molecule has 6 nitrogen and oxygen atoms in total. The van der Waals surface area contributed by atoms with Crippen molar-refractivity contribution in [2.24, 2.45) is 34.0 Å². The van der Waals surface area contributed by atoms with Crippen molar-refractivity contribution >= 4 is 5.78 Å². The number of rotatable bonds is 0. The molecular formula is C20H28O6. The number of hydrogen-bond acceptors (Lipinski definition) is 6. The monoisotopic (exact) mass is 364 g/mol. The standard InChI is InChI=1S/C20H28O6/c1-9-10-4-5-11-18-8-26-20(25,19(11,14(9)22)15(10)23)16(24)13(18)17(2,3)7-6-12(18)21/h10-13,15-16,21,23-25H,1,4-8H2,2-3H3/t10-,11-,12-,13+,15-,16-,18+,19-,20?/m0/s1. The second-order valence-electron chi connectivity index (χ2n) is 9.97. The molecule has 26 heavy (non-hydrogen) atoms. The molecule has 4 saturated carbocycles. The van der Waals surface area contributed by atoms with Gasteiger partial charge in [-0.05, 0) is 42.6 Å². The summed E-state index contributed by atoms with van der Waals surface area (Å²) in [5.41, 5.74) is -2.49. The average molecular weight is 364 g/mol. The first-order chi connectivity index (χ1) is 12.1. The maximum absolute atomic E-state index is 13.3. The van der Waals surface area contributed by atoms with Gasteiger partial charge < -0.3 is 25.2 Å². The van der Waals surface area contributed by atoms with Crippen LogP contribution >= 0.6 is 0 Å². The van der Waals surface area contributed by atoms with E-state index in [4.69, 9.17) is 4.74 Å². The van der Waals surface area contributed by atoms with Crippen LogP contribution < -0.4 is 0 Å². The predicted molar refractivity (Wildman–Crippen MR) is 90.7 cm³/mol. The summed E-state index contributed by atoms with van der Waals surface area (Å²) in [7, 11) is 0. The average Bonchev–Trinajstić information content (AvgIpc) is 2.69. The van der Waals surface area contributed by atoms with Crippen LogP contribution in [-0.2, 0) is 9.53 Å². The highest BCUT2D eigenvalue weighted by molar-refractivity contribution is 6.05. The Morgan fingerprint density at radius 2 is 1.81 bits per heavy atom. The fourth-order valence-electron chi connectivity index (χ4n) is 7.90. The molecule has 4 N–H and O–H groups in total. The SMILES string of the molecule is C=C1C(=O)[C@]23[C@@H](O)[C@H]1CC[C@H]2[C@@]12COC3(O)[C@@H](O)[C@@H]1C(C)(C)CC[C@@H]2O. The van der Waals surface area contributed by atoms with Crippen molar-refractivity contribution < 1.29 is 30.0 Å². The van der Waals surface area contributed by atoms with Crippen molar-refractivity contribution in [2.45, 2.75) is 63.6 Å². The maximum Gasteiger partial charge on any atom is 0.208 e. The molecule has 2 spiro atoms. The molecule has 6 fully saturated rings. The van der Waals surface area contributed by atoms with Crippen LogP contribution in [0.4, 0.5) is 0 Å². The van der Waals surface area contributed by atoms with Crippen LogP contribution in [0.25, 0.3) is 0 Å². The largest absolute Gasteiger partial charge is 0.392 e. The van der Waals surface area contributed by atoms with Gasteiger partial charge in [0.05, 0.1) is 18.8 Å². The van der Waals surface area contributed by atoms with E-state index in [-0.39, 0.29) is 12.0 Å². The first-order valence-corrected chi connectivity index (χ1v) is 9.71. The minimum absolute atomic E-state index is 0.0966. The van der Waals surface area contributed by atoms with Crippen LogP contribution in [0.1, 0.15) is 39.5 Å². The van der Waals surface area contributed by atoms with Crippen LogP contribution in [0.15, 0.2) is 12.2 Å². The summed E-state index contributed by atoms with van der Waals surface area (Å²) >= 11 is 0. The molecule has 0 aromatic heterocycles. The third kappa shape index (κ3) is 1.41. The number of aliphatic hydroxyl groups is 4. The highest BCUT2D eigenvalue weighted by Gasteiger charge is 2.86. The normalized spacial score (nSPS) is 59.9. The molecule has 0 aromatic rings. The Morgan fingerprint density at radius 1 is 1.12 bits per heavy atom. The van der Waals surface area contributed by atoms with Gasteiger partial charge in [0.25, 0.3) is 0 Å². The Hall–Kier alpha value is -0.790. The number of hydrogen-bond donors (Lipinski definition) is 4. The molecule has 144 valence electrons. The minimum Gasteiger partial charge on any atom is -0.392 e. The van der Waals surface area contributed by atoms with Gasteiger partial charge >= 0.3 is 0 Å². The lowest BCUT2D eigenvalue weighted by Gasteiger charge is -2.74. The lowest BCUT2D eigenvalue weighted by molar-refractivity contribution is -0.458. The van der Waals surface area contributed by atoms with Crippen molar-refractivity contribution in [1.29, 1.82) is 0 Å². The second kappa shape index (κ2) is 4.61. The Labute approximate surface area is 152 Å². The number of ether oxygens (including phenoxy) is 1. The summed E-state index contributed by atoms with van der Waals surface area (Å²) < 4.78 is 5.80. The third-order valence-electron chi connectivity index (χ3n) is 8.88. The molecule has 6 heteroatoms. The molecule has 2 aliphatic heterocycles. The predicted octanol–water partition coefficient (Wildman–Crippen LogP) is 0.376. The van der Waals surface area contributed by atoms with Gasteiger partial charge in [-0.15, -0.1) is 0 Å². The van der Waals surface area contributed by atoms with E-state index in [1.54, 1.807) is 0 Å². The summed E-state index contributed by atoms with van der Waals surface area (Å²) in [6, 6.07) is 0. The number of ketones is 1. The van der Waals surface area contributed by atoms with Gasteiger partial charge in [0.1, 0.15) is 11.5 Å². The fraction of sp³-hybridized carbons (Fsp3) is 0.850. The van der Waals surface area contributed by atoms with E-state index < -0.39 is 58.5 Å². The van der Waals surface area contributed by atoms with Gasteiger partial charge in [-0.3, -0.25) is 4.79 Å². The molecule has 6 aliphatic rings. The fourth-order valence-corrected chi connectivity index (χ4v) is 7.90.